The smallest absolute Gasteiger partial charge is 0.0388 e. The van der Waals surface area contributed by atoms with Crippen LogP contribution in [0.15, 0.2) is 4.99 Å². The lowest BCUT2D eigenvalue weighted by molar-refractivity contribution is 0.697. The van der Waals surface area contributed by atoms with Crippen LogP contribution in [-0.2, 0) is 0 Å². The monoisotopic (exact) mass is 182 g/mol. The van der Waals surface area contributed by atoms with Gasteiger partial charge in [-0.05, 0) is 45.1 Å². The summed E-state index contributed by atoms with van der Waals surface area (Å²) in [5, 5.41) is 0. The van der Waals surface area contributed by atoms with Gasteiger partial charge in [0, 0.05) is 12.3 Å². The molecule has 0 unspecified atom stereocenters. The Hall–Kier alpha value is -0.370. The lowest BCUT2D eigenvalue weighted by atomic mass is 10.1. The van der Waals surface area contributed by atoms with Crippen molar-refractivity contribution in [2.75, 3.05) is 13.1 Å². The fourth-order valence-corrected chi connectivity index (χ4v) is 1.79. The Balaban J connectivity index is 2.08. The molecule has 2 nitrogen and oxygen atoms in total. The molecule has 76 valence electrons. The van der Waals surface area contributed by atoms with Crippen LogP contribution in [0.2, 0.25) is 0 Å². The summed E-state index contributed by atoms with van der Waals surface area (Å²) in [5.74, 6) is 0. The van der Waals surface area contributed by atoms with Gasteiger partial charge in [-0.25, -0.2) is 0 Å². The number of nitrogens with zero attached hydrogens (tertiary/aromatic N) is 1. The minimum atomic E-state index is 0.840. The van der Waals surface area contributed by atoms with Gasteiger partial charge in [-0.2, -0.15) is 0 Å². The van der Waals surface area contributed by atoms with Crippen molar-refractivity contribution in [3.05, 3.63) is 0 Å². The van der Waals surface area contributed by atoms with E-state index < -0.39 is 0 Å². The van der Waals surface area contributed by atoms with Gasteiger partial charge in [-0.1, -0.05) is 12.8 Å². The van der Waals surface area contributed by atoms with Gasteiger partial charge in [0.15, 0.2) is 0 Å². The molecule has 0 saturated heterocycles. The Morgan fingerprint density at radius 3 is 2.85 bits per heavy atom. The average molecular weight is 182 g/mol. The van der Waals surface area contributed by atoms with Crippen molar-refractivity contribution < 1.29 is 0 Å². The van der Waals surface area contributed by atoms with Gasteiger partial charge >= 0.3 is 0 Å². The number of hydrogen-bond acceptors (Lipinski definition) is 2. The topological polar surface area (TPSA) is 38.4 Å². The molecule has 0 aliphatic carbocycles. The van der Waals surface area contributed by atoms with Crippen molar-refractivity contribution in [3.8, 4) is 0 Å². The quantitative estimate of drug-likeness (QED) is 0.652. The molecule has 2 N–H and O–H groups in total. The molecule has 0 aromatic heterocycles. The van der Waals surface area contributed by atoms with E-state index in [2.05, 4.69) is 4.99 Å². The van der Waals surface area contributed by atoms with Gasteiger partial charge in [-0.3, -0.25) is 4.99 Å². The third-order valence-corrected chi connectivity index (χ3v) is 2.63. The van der Waals surface area contributed by atoms with E-state index in [-0.39, 0.29) is 0 Å². The van der Waals surface area contributed by atoms with E-state index in [0.29, 0.717) is 0 Å². The highest BCUT2D eigenvalue weighted by Gasteiger charge is 2.03. The first-order chi connectivity index (χ1) is 6.43. The molecule has 0 fully saturated rings. The van der Waals surface area contributed by atoms with Crippen molar-refractivity contribution >= 4 is 5.71 Å². The standard InChI is InChI=1S/C11H22N2/c12-9-5-1-3-7-11-8-4-2-6-10-13-11/h1-10,12H2. The third kappa shape index (κ3) is 5.04. The fourth-order valence-electron chi connectivity index (χ4n) is 1.79. The zero-order valence-electron chi connectivity index (χ0n) is 8.60. The second-order valence-electron chi connectivity index (χ2n) is 3.86. The van der Waals surface area contributed by atoms with E-state index in [1.807, 2.05) is 0 Å². The Morgan fingerprint density at radius 1 is 1.08 bits per heavy atom. The van der Waals surface area contributed by atoms with Crippen LogP contribution >= 0.6 is 0 Å². The SMILES string of the molecule is NCCCCCC1=NCCCCC1. The van der Waals surface area contributed by atoms with E-state index in [0.717, 1.165) is 13.1 Å². The van der Waals surface area contributed by atoms with Crippen LogP contribution in [0.5, 0.6) is 0 Å². The van der Waals surface area contributed by atoms with Gasteiger partial charge in [0.1, 0.15) is 0 Å². The highest BCUT2D eigenvalue weighted by molar-refractivity contribution is 5.84. The number of rotatable bonds is 5. The molecule has 0 aromatic rings. The minimum Gasteiger partial charge on any atom is -0.330 e. The molecule has 13 heavy (non-hydrogen) atoms. The summed E-state index contributed by atoms with van der Waals surface area (Å²) < 4.78 is 0. The number of nitrogens with two attached hydrogens (primary N) is 1. The van der Waals surface area contributed by atoms with E-state index in [1.165, 1.54) is 57.1 Å². The Kier molecular flexibility index (Phi) is 5.83. The van der Waals surface area contributed by atoms with Gasteiger partial charge < -0.3 is 5.73 Å². The lowest BCUT2D eigenvalue weighted by Gasteiger charge is -2.02. The van der Waals surface area contributed by atoms with E-state index >= 15 is 0 Å². The summed E-state index contributed by atoms with van der Waals surface area (Å²) in [6.07, 6.45) is 10.2. The zero-order valence-corrected chi connectivity index (χ0v) is 8.60. The summed E-state index contributed by atoms with van der Waals surface area (Å²) in [5.41, 5.74) is 6.91. The molecule has 1 aliphatic rings. The largest absolute Gasteiger partial charge is 0.330 e. The Labute approximate surface area is 81.6 Å². The first kappa shape index (κ1) is 10.7. The molecule has 2 heteroatoms. The molecule has 0 amide bonds. The summed E-state index contributed by atoms with van der Waals surface area (Å²) in [4.78, 5) is 4.61. The first-order valence-corrected chi connectivity index (χ1v) is 5.66. The van der Waals surface area contributed by atoms with Gasteiger partial charge in [-0.15, -0.1) is 0 Å². The molecular formula is C11H22N2. The minimum absolute atomic E-state index is 0.840. The van der Waals surface area contributed by atoms with Crippen LogP contribution in [-0.4, -0.2) is 18.8 Å². The molecule has 1 heterocycles. The molecule has 0 bridgehead atoms. The summed E-state index contributed by atoms with van der Waals surface area (Å²) in [6, 6.07) is 0. The number of aliphatic imine (C=N–C) groups is 1. The third-order valence-electron chi connectivity index (χ3n) is 2.63. The van der Waals surface area contributed by atoms with Crippen molar-refractivity contribution in [2.45, 2.75) is 51.4 Å². The molecule has 0 radical (unpaired) electrons. The Morgan fingerprint density at radius 2 is 2.00 bits per heavy atom. The number of hydrogen-bond donors (Lipinski definition) is 1. The van der Waals surface area contributed by atoms with Crippen molar-refractivity contribution in [3.63, 3.8) is 0 Å². The maximum Gasteiger partial charge on any atom is 0.0388 e. The predicted octanol–water partition coefficient (Wildman–Crippen LogP) is 2.52. The molecule has 1 aliphatic heterocycles. The maximum atomic E-state index is 5.44. The van der Waals surface area contributed by atoms with E-state index in [1.54, 1.807) is 0 Å². The summed E-state index contributed by atoms with van der Waals surface area (Å²) in [7, 11) is 0. The molecule has 1 rings (SSSR count). The van der Waals surface area contributed by atoms with Crippen LogP contribution in [0.25, 0.3) is 0 Å². The van der Waals surface area contributed by atoms with Crippen LogP contribution in [0.3, 0.4) is 0 Å². The zero-order chi connectivity index (χ0) is 9.36. The predicted molar refractivity (Wildman–Crippen MR) is 58.3 cm³/mol. The van der Waals surface area contributed by atoms with Crippen molar-refractivity contribution in [1.82, 2.24) is 0 Å². The van der Waals surface area contributed by atoms with Gasteiger partial charge in [0.2, 0.25) is 0 Å². The Bertz CT molecular complexity index is 152. The first-order valence-electron chi connectivity index (χ1n) is 5.66. The van der Waals surface area contributed by atoms with E-state index in [9.17, 15) is 0 Å². The maximum absolute atomic E-state index is 5.44. The molecule has 0 atom stereocenters. The van der Waals surface area contributed by atoms with Gasteiger partial charge in [0.25, 0.3) is 0 Å². The summed E-state index contributed by atoms with van der Waals surface area (Å²) >= 11 is 0. The van der Waals surface area contributed by atoms with Crippen LogP contribution < -0.4 is 5.73 Å². The normalized spacial score (nSPS) is 18.1. The van der Waals surface area contributed by atoms with Gasteiger partial charge in [0.05, 0.1) is 0 Å². The van der Waals surface area contributed by atoms with Crippen molar-refractivity contribution in [1.29, 1.82) is 0 Å². The molecule has 0 aromatic carbocycles. The second-order valence-corrected chi connectivity index (χ2v) is 3.86. The molecule has 0 spiro atoms. The highest BCUT2D eigenvalue weighted by atomic mass is 14.7. The van der Waals surface area contributed by atoms with E-state index in [4.69, 9.17) is 5.73 Å². The number of unbranched alkanes of at least 4 members (excludes halogenated alkanes) is 2. The lowest BCUT2D eigenvalue weighted by Crippen LogP contribution is -2.00. The fraction of sp³-hybridized carbons (Fsp3) is 0.909. The van der Waals surface area contributed by atoms with Crippen LogP contribution in [0.4, 0.5) is 0 Å². The molecule has 0 saturated carbocycles. The highest BCUT2D eigenvalue weighted by Crippen LogP contribution is 2.12. The van der Waals surface area contributed by atoms with Crippen LogP contribution in [0, 0.1) is 0 Å². The average Bonchev–Trinajstić information content (AvgIpc) is 2.41. The van der Waals surface area contributed by atoms with Crippen LogP contribution in [0.1, 0.15) is 51.4 Å². The second kappa shape index (κ2) is 7.07. The van der Waals surface area contributed by atoms with Crippen molar-refractivity contribution in [2.24, 2.45) is 10.7 Å². The molecular weight excluding hydrogens is 160 g/mol. The summed E-state index contributed by atoms with van der Waals surface area (Å²) in [6.45, 7) is 1.92.